The smallest absolute Gasteiger partial charge is 0.341 e. The van der Waals surface area contributed by atoms with Gasteiger partial charge in [-0.1, -0.05) is 42.8 Å². The molecule has 2 heterocycles. The summed E-state index contributed by atoms with van der Waals surface area (Å²) in [6.07, 6.45) is 1.52. The van der Waals surface area contributed by atoms with Gasteiger partial charge in [0.25, 0.3) is 11.5 Å². The van der Waals surface area contributed by atoms with E-state index in [-0.39, 0.29) is 40.6 Å². The zero-order valence-corrected chi connectivity index (χ0v) is 31.2. The lowest BCUT2D eigenvalue weighted by Gasteiger charge is -2.20. The fourth-order valence-corrected chi connectivity index (χ4v) is 6.97. The van der Waals surface area contributed by atoms with Crippen LogP contribution in [0.15, 0.2) is 113 Å². The number of nitrogens with zero attached hydrogens (tertiary/aromatic N) is 3. The van der Waals surface area contributed by atoms with Gasteiger partial charge in [-0.05, 0) is 80.8 Å². The van der Waals surface area contributed by atoms with Crippen LogP contribution in [0.25, 0.3) is 16.6 Å². The SMILES string of the molecule is COc1ccc2c(Oc3ccc(NC(=O)c4c(C)n(C[C@@H](C)CC(N)C(=O)OS(=O)(=O)c5ccc(C)cc5)n(-c5ccccc5)c4=O)cc3F)ccnc2c1. The number of pyridine rings is 1. The summed E-state index contributed by atoms with van der Waals surface area (Å²) in [5, 5.41) is 3.26. The molecule has 0 fully saturated rings. The van der Waals surface area contributed by atoms with Gasteiger partial charge in [0.05, 0.1) is 24.0 Å². The van der Waals surface area contributed by atoms with Crippen LogP contribution in [-0.4, -0.2) is 47.8 Å². The Morgan fingerprint density at radius 1 is 0.945 bits per heavy atom. The van der Waals surface area contributed by atoms with Crippen molar-refractivity contribution in [3.63, 3.8) is 0 Å². The quantitative estimate of drug-likeness (QED) is 0.127. The van der Waals surface area contributed by atoms with Crippen molar-refractivity contribution in [2.24, 2.45) is 11.7 Å². The largest absolute Gasteiger partial charge is 0.497 e. The average Bonchev–Trinajstić information content (AvgIpc) is 3.40. The molecule has 13 nitrogen and oxygen atoms in total. The summed E-state index contributed by atoms with van der Waals surface area (Å²) in [5.74, 6) is -2.21. The number of benzene rings is 4. The van der Waals surface area contributed by atoms with E-state index in [1.54, 1.807) is 99.3 Å². The van der Waals surface area contributed by atoms with Crippen LogP contribution in [0.4, 0.5) is 10.1 Å². The number of carbonyl (C=O) groups is 2. The zero-order chi connectivity index (χ0) is 39.4. The van der Waals surface area contributed by atoms with Crippen molar-refractivity contribution in [1.82, 2.24) is 14.3 Å². The average molecular weight is 768 g/mol. The van der Waals surface area contributed by atoms with E-state index >= 15 is 4.39 Å². The molecular formula is C40H38FN5O8S. The van der Waals surface area contributed by atoms with Crippen LogP contribution < -0.4 is 26.1 Å². The highest BCUT2D eigenvalue weighted by molar-refractivity contribution is 7.87. The Balaban J connectivity index is 1.20. The predicted octanol–water partition coefficient (Wildman–Crippen LogP) is 6.28. The first kappa shape index (κ1) is 38.4. The molecule has 6 rings (SSSR count). The number of nitrogens with two attached hydrogens (primary N) is 1. The van der Waals surface area contributed by atoms with E-state index in [1.165, 1.54) is 35.1 Å². The van der Waals surface area contributed by atoms with E-state index in [0.717, 1.165) is 11.6 Å². The first-order chi connectivity index (χ1) is 26.2. The molecule has 0 bridgehead atoms. The fourth-order valence-electron chi connectivity index (χ4n) is 6.07. The van der Waals surface area contributed by atoms with Crippen LogP contribution in [0, 0.1) is 25.6 Å². The van der Waals surface area contributed by atoms with E-state index in [1.807, 2.05) is 0 Å². The second kappa shape index (κ2) is 16.0. The molecule has 0 aliphatic carbocycles. The number of para-hydroxylation sites is 1. The maximum atomic E-state index is 15.4. The molecule has 55 heavy (non-hydrogen) atoms. The van der Waals surface area contributed by atoms with Crippen molar-refractivity contribution in [3.05, 3.63) is 136 Å². The zero-order valence-electron chi connectivity index (χ0n) is 30.4. The van der Waals surface area contributed by atoms with Gasteiger partial charge in [-0.2, -0.15) is 8.42 Å². The molecule has 0 saturated heterocycles. The molecule has 0 aliphatic rings. The van der Waals surface area contributed by atoms with Gasteiger partial charge in [-0.15, -0.1) is 0 Å². The predicted molar refractivity (Wildman–Crippen MR) is 204 cm³/mol. The number of methoxy groups -OCH3 is 1. The minimum Gasteiger partial charge on any atom is -0.497 e. The molecule has 0 aliphatic heterocycles. The summed E-state index contributed by atoms with van der Waals surface area (Å²) >= 11 is 0. The molecule has 284 valence electrons. The molecule has 2 atom stereocenters. The summed E-state index contributed by atoms with van der Waals surface area (Å²) < 4.78 is 59.6. The Morgan fingerprint density at radius 3 is 2.36 bits per heavy atom. The van der Waals surface area contributed by atoms with Crippen molar-refractivity contribution in [2.45, 2.75) is 44.7 Å². The highest BCUT2D eigenvalue weighted by atomic mass is 32.2. The lowest BCUT2D eigenvalue weighted by atomic mass is 10.0. The van der Waals surface area contributed by atoms with Crippen LogP contribution in [0.5, 0.6) is 17.2 Å². The number of halogens is 1. The molecule has 0 saturated carbocycles. The van der Waals surface area contributed by atoms with E-state index in [9.17, 15) is 22.8 Å². The molecule has 15 heteroatoms. The Morgan fingerprint density at radius 2 is 1.67 bits per heavy atom. The maximum Gasteiger partial charge on any atom is 0.341 e. The summed E-state index contributed by atoms with van der Waals surface area (Å²) in [7, 11) is -2.85. The van der Waals surface area contributed by atoms with E-state index in [4.69, 9.17) is 19.4 Å². The number of aryl methyl sites for hydroxylation is 1. The number of carbonyl (C=O) groups excluding carboxylic acids is 2. The summed E-state index contributed by atoms with van der Waals surface area (Å²) in [6.45, 7) is 5.25. The molecule has 0 radical (unpaired) electrons. The van der Waals surface area contributed by atoms with Crippen LogP contribution in [0.3, 0.4) is 0 Å². The van der Waals surface area contributed by atoms with Crippen LogP contribution in [-0.2, 0) is 25.6 Å². The molecule has 1 amide bonds. The normalized spacial score (nSPS) is 12.5. The van der Waals surface area contributed by atoms with Crippen molar-refractivity contribution < 1.29 is 36.1 Å². The Labute approximate surface area is 316 Å². The highest BCUT2D eigenvalue weighted by Crippen LogP contribution is 2.33. The van der Waals surface area contributed by atoms with Gasteiger partial charge < -0.3 is 24.7 Å². The van der Waals surface area contributed by atoms with Crippen molar-refractivity contribution in [2.75, 3.05) is 12.4 Å². The van der Waals surface area contributed by atoms with E-state index < -0.39 is 45.3 Å². The summed E-state index contributed by atoms with van der Waals surface area (Å²) in [4.78, 5) is 44.6. The number of nitrogens with one attached hydrogen (secondary N) is 1. The van der Waals surface area contributed by atoms with Gasteiger partial charge in [0.15, 0.2) is 11.6 Å². The Bertz CT molecular complexity index is 2560. The second-order valence-electron chi connectivity index (χ2n) is 13.0. The molecule has 3 N–H and O–H groups in total. The third-order valence-electron chi connectivity index (χ3n) is 8.89. The maximum absolute atomic E-state index is 15.4. The van der Waals surface area contributed by atoms with Gasteiger partial charge in [0, 0.05) is 35.9 Å². The standard InChI is InChI=1S/C40H38FN5O8S/c1-24-10-14-30(15-11-24)55(50,51)54-40(49)33(42)20-25(2)23-45-26(3)37(39(48)46(45)28-8-6-5-7-9-28)38(47)44-27-12-17-36(32(41)21-27)53-35-18-19-43-34-22-29(52-4)13-16-31(34)35/h5-19,21-22,25,33H,20,23,42H2,1-4H3,(H,44,47)/t25-,33?/m0/s1. The molecule has 1 unspecified atom stereocenters. The number of rotatable bonds is 13. The molecular weight excluding hydrogens is 730 g/mol. The topological polar surface area (TPSA) is 174 Å². The first-order valence-corrected chi connectivity index (χ1v) is 18.6. The third kappa shape index (κ3) is 8.42. The molecule has 6 aromatic rings. The third-order valence-corrected chi connectivity index (χ3v) is 10.1. The minimum atomic E-state index is -4.39. The second-order valence-corrected chi connectivity index (χ2v) is 14.6. The fraction of sp³-hybridized carbons (Fsp3) is 0.200. The Hall–Kier alpha value is -6.32. The lowest BCUT2D eigenvalue weighted by Crippen LogP contribution is -2.36. The molecule has 2 aromatic heterocycles. The summed E-state index contributed by atoms with van der Waals surface area (Å²) in [6, 6.07) is 23.9. The number of amides is 1. The van der Waals surface area contributed by atoms with Crippen molar-refractivity contribution >= 4 is 38.6 Å². The number of hydrogen-bond donors (Lipinski definition) is 2. The summed E-state index contributed by atoms with van der Waals surface area (Å²) in [5.41, 5.74) is 7.54. The van der Waals surface area contributed by atoms with Crippen molar-refractivity contribution in [1.29, 1.82) is 0 Å². The van der Waals surface area contributed by atoms with Gasteiger partial charge in [-0.3, -0.25) is 19.3 Å². The first-order valence-electron chi connectivity index (χ1n) is 17.2. The van der Waals surface area contributed by atoms with Gasteiger partial charge in [0.1, 0.15) is 28.0 Å². The van der Waals surface area contributed by atoms with Crippen LogP contribution >= 0.6 is 0 Å². The van der Waals surface area contributed by atoms with Crippen LogP contribution in [0.1, 0.15) is 35.0 Å². The van der Waals surface area contributed by atoms with Crippen LogP contribution in [0.2, 0.25) is 0 Å². The van der Waals surface area contributed by atoms with Gasteiger partial charge in [0.2, 0.25) is 0 Å². The Kier molecular flexibility index (Phi) is 11.1. The molecule has 4 aromatic carbocycles. The number of hydrogen-bond acceptors (Lipinski definition) is 10. The number of fused-ring (bicyclic) bond motifs is 1. The number of ether oxygens (including phenoxy) is 2. The van der Waals surface area contributed by atoms with Crippen molar-refractivity contribution in [3.8, 4) is 22.9 Å². The minimum absolute atomic E-state index is 0.0123. The number of anilines is 1. The van der Waals surface area contributed by atoms with E-state index in [2.05, 4.69) is 10.3 Å². The van der Waals surface area contributed by atoms with Gasteiger partial charge >= 0.3 is 16.1 Å². The van der Waals surface area contributed by atoms with E-state index in [0.29, 0.717) is 28.1 Å². The van der Waals surface area contributed by atoms with Gasteiger partial charge in [-0.25, -0.2) is 13.9 Å². The highest BCUT2D eigenvalue weighted by Gasteiger charge is 2.29. The number of aromatic nitrogens is 3. The monoisotopic (exact) mass is 767 g/mol. The molecule has 0 spiro atoms. The lowest BCUT2D eigenvalue weighted by molar-refractivity contribution is -0.135.